The average Bonchev–Trinajstić information content (AvgIpc) is 3.06. The number of nitrogens with one attached hydrogen (secondary N) is 2. The van der Waals surface area contributed by atoms with Crippen LogP contribution in [-0.4, -0.2) is 12.6 Å². The molecule has 2 N–H and O–H groups in total. The van der Waals surface area contributed by atoms with Crippen molar-refractivity contribution in [2.75, 3.05) is 11.9 Å². The first-order valence-electron chi connectivity index (χ1n) is 8.25. The molecule has 3 aromatic rings. The molecule has 0 aromatic heterocycles. The number of hydrogen-bond donors (Lipinski definition) is 2. The van der Waals surface area contributed by atoms with Crippen molar-refractivity contribution in [2.45, 2.75) is 6.04 Å². The van der Waals surface area contributed by atoms with Gasteiger partial charge in [0, 0.05) is 11.1 Å². The highest BCUT2D eigenvalue weighted by Crippen LogP contribution is 2.32. The highest BCUT2D eigenvalue weighted by molar-refractivity contribution is 5.94. The highest BCUT2D eigenvalue weighted by Gasteiger charge is 2.25. The number of carbonyl (C=O) groups excluding carboxylic acids is 1. The smallest absolute Gasteiger partial charge is 0.319 e. The molecule has 0 aliphatic carbocycles. The van der Waals surface area contributed by atoms with Gasteiger partial charge in [0.15, 0.2) is 0 Å². The van der Waals surface area contributed by atoms with Crippen LogP contribution in [0, 0.1) is 0 Å². The molecule has 124 valence electrons. The van der Waals surface area contributed by atoms with Gasteiger partial charge >= 0.3 is 6.03 Å². The maximum absolute atomic E-state index is 12.5. The second-order valence-electron chi connectivity index (χ2n) is 5.91. The van der Waals surface area contributed by atoms with Gasteiger partial charge in [0.25, 0.3) is 0 Å². The predicted octanol–water partition coefficient (Wildman–Crippen LogP) is 4.61. The van der Waals surface area contributed by atoms with E-state index in [2.05, 4.69) is 10.6 Å². The molecule has 4 heteroatoms. The molecule has 0 saturated carbocycles. The quantitative estimate of drug-likeness (QED) is 0.737. The van der Waals surface area contributed by atoms with E-state index in [1.807, 2.05) is 78.9 Å². The van der Waals surface area contributed by atoms with E-state index in [1.54, 1.807) is 0 Å². The molecular weight excluding hydrogens is 312 g/mol. The standard InChI is InChI=1S/C21H18N2O2/c24-21(23-19-14-25-20-13-7-5-11-17(19)20)22-18-12-6-4-10-16(18)15-8-2-1-3-9-15/h1-13,19H,14H2,(H2,22,23,24)/t19-/m0/s1. The van der Waals surface area contributed by atoms with E-state index in [0.29, 0.717) is 6.61 Å². The number of ether oxygens (including phenoxy) is 1. The molecular formula is C21H18N2O2. The van der Waals surface area contributed by atoms with E-state index in [0.717, 1.165) is 28.1 Å². The molecule has 1 aliphatic rings. The molecule has 2 amide bonds. The van der Waals surface area contributed by atoms with Gasteiger partial charge < -0.3 is 15.4 Å². The molecule has 1 atom stereocenters. The van der Waals surface area contributed by atoms with Crippen LogP contribution < -0.4 is 15.4 Å². The van der Waals surface area contributed by atoms with Gasteiger partial charge in [-0.2, -0.15) is 0 Å². The fraction of sp³-hybridized carbons (Fsp3) is 0.0952. The third-order valence-corrected chi connectivity index (χ3v) is 4.27. The van der Waals surface area contributed by atoms with Crippen molar-refractivity contribution in [1.82, 2.24) is 5.32 Å². The van der Waals surface area contributed by atoms with Crippen molar-refractivity contribution in [3.63, 3.8) is 0 Å². The first-order valence-corrected chi connectivity index (χ1v) is 8.25. The van der Waals surface area contributed by atoms with Gasteiger partial charge in [0.1, 0.15) is 12.4 Å². The summed E-state index contributed by atoms with van der Waals surface area (Å²) in [5.41, 5.74) is 3.83. The number of fused-ring (bicyclic) bond motifs is 1. The Kier molecular flexibility index (Phi) is 4.09. The first-order chi connectivity index (χ1) is 12.3. The van der Waals surface area contributed by atoms with Gasteiger partial charge in [-0.3, -0.25) is 0 Å². The zero-order valence-corrected chi connectivity index (χ0v) is 13.6. The lowest BCUT2D eigenvalue weighted by Gasteiger charge is -2.15. The number of urea groups is 1. The average molecular weight is 330 g/mol. The van der Waals surface area contributed by atoms with Crippen molar-refractivity contribution in [3.8, 4) is 16.9 Å². The Morgan fingerprint density at radius 3 is 2.48 bits per heavy atom. The van der Waals surface area contributed by atoms with Gasteiger partial charge in [-0.05, 0) is 17.7 Å². The maximum Gasteiger partial charge on any atom is 0.319 e. The fourth-order valence-electron chi connectivity index (χ4n) is 3.06. The second-order valence-corrected chi connectivity index (χ2v) is 5.91. The molecule has 3 aromatic carbocycles. The van der Waals surface area contributed by atoms with Crippen LogP contribution in [0.25, 0.3) is 11.1 Å². The molecule has 0 bridgehead atoms. The van der Waals surface area contributed by atoms with E-state index >= 15 is 0 Å². The summed E-state index contributed by atoms with van der Waals surface area (Å²) in [6.45, 7) is 0.451. The predicted molar refractivity (Wildman–Crippen MR) is 98.7 cm³/mol. The Balaban J connectivity index is 1.51. The molecule has 0 radical (unpaired) electrons. The lowest BCUT2D eigenvalue weighted by molar-refractivity contribution is 0.243. The second kappa shape index (κ2) is 6.69. The fourth-order valence-corrected chi connectivity index (χ4v) is 3.06. The summed E-state index contributed by atoms with van der Waals surface area (Å²) in [5, 5.41) is 5.95. The molecule has 1 heterocycles. The number of anilines is 1. The van der Waals surface area contributed by atoms with E-state index in [9.17, 15) is 4.79 Å². The number of hydrogen-bond acceptors (Lipinski definition) is 2. The zero-order chi connectivity index (χ0) is 17.1. The van der Waals surface area contributed by atoms with Crippen molar-refractivity contribution >= 4 is 11.7 Å². The summed E-state index contributed by atoms with van der Waals surface area (Å²) in [6.07, 6.45) is 0. The Bertz CT molecular complexity index is 893. The van der Waals surface area contributed by atoms with Crippen molar-refractivity contribution in [3.05, 3.63) is 84.4 Å². The van der Waals surface area contributed by atoms with Crippen LogP contribution in [0.15, 0.2) is 78.9 Å². The van der Waals surface area contributed by atoms with Crippen molar-refractivity contribution < 1.29 is 9.53 Å². The summed E-state index contributed by atoms with van der Waals surface area (Å²) in [5.74, 6) is 0.831. The van der Waals surface area contributed by atoms with Crippen LogP contribution in [0.3, 0.4) is 0 Å². The molecule has 0 spiro atoms. The Morgan fingerprint density at radius 2 is 1.60 bits per heavy atom. The molecule has 4 nitrogen and oxygen atoms in total. The largest absolute Gasteiger partial charge is 0.491 e. The Morgan fingerprint density at radius 1 is 0.880 bits per heavy atom. The molecule has 0 saturated heterocycles. The molecule has 0 fully saturated rings. The van der Waals surface area contributed by atoms with Crippen molar-refractivity contribution in [1.29, 1.82) is 0 Å². The summed E-state index contributed by atoms with van der Waals surface area (Å²) in [7, 11) is 0. The maximum atomic E-state index is 12.5. The molecule has 4 rings (SSSR count). The summed E-state index contributed by atoms with van der Waals surface area (Å²) in [4.78, 5) is 12.5. The molecule has 25 heavy (non-hydrogen) atoms. The summed E-state index contributed by atoms with van der Waals surface area (Å²) in [6, 6.07) is 25.2. The first kappa shape index (κ1) is 15.3. The molecule has 0 unspecified atom stereocenters. The minimum absolute atomic E-state index is 0.139. The minimum atomic E-state index is -0.242. The van der Waals surface area contributed by atoms with Crippen LogP contribution in [0.2, 0.25) is 0 Å². The monoisotopic (exact) mass is 330 g/mol. The number of rotatable bonds is 3. The summed E-state index contributed by atoms with van der Waals surface area (Å²) >= 11 is 0. The van der Waals surface area contributed by atoms with E-state index < -0.39 is 0 Å². The van der Waals surface area contributed by atoms with Gasteiger partial charge in [0.05, 0.1) is 11.7 Å². The van der Waals surface area contributed by atoms with Crippen LogP contribution in [0.5, 0.6) is 5.75 Å². The Labute approximate surface area is 146 Å². The van der Waals surface area contributed by atoms with Crippen LogP contribution >= 0.6 is 0 Å². The Hall–Kier alpha value is -3.27. The normalized spacial score (nSPS) is 15.1. The topological polar surface area (TPSA) is 50.4 Å². The zero-order valence-electron chi connectivity index (χ0n) is 13.6. The van der Waals surface area contributed by atoms with Gasteiger partial charge in [-0.1, -0.05) is 66.7 Å². The number of carbonyl (C=O) groups is 1. The minimum Gasteiger partial charge on any atom is -0.491 e. The van der Waals surface area contributed by atoms with Crippen molar-refractivity contribution in [2.24, 2.45) is 0 Å². The SMILES string of the molecule is O=C(Nc1ccccc1-c1ccccc1)N[C@H]1COc2ccccc21. The lowest BCUT2D eigenvalue weighted by Crippen LogP contribution is -2.33. The molecule has 1 aliphatic heterocycles. The van der Waals surface area contributed by atoms with Gasteiger partial charge in [-0.15, -0.1) is 0 Å². The number of amides is 2. The van der Waals surface area contributed by atoms with E-state index in [-0.39, 0.29) is 12.1 Å². The van der Waals surface area contributed by atoms with Crippen LogP contribution in [-0.2, 0) is 0 Å². The van der Waals surface area contributed by atoms with Gasteiger partial charge in [0.2, 0.25) is 0 Å². The van der Waals surface area contributed by atoms with E-state index in [4.69, 9.17) is 4.74 Å². The third-order valence-electron chi connectivity index (χ3n) is 4.27. The van der Waals surface area contributed by atoms with Crippen LogP contribution in [0.1, 0.15) is 11.6 Å². The van der Waals surface area contributed by atoms with E-state index in [1.165, 1.54) is 0 Å². The lowest BCUT2D eigenvalue weighted by atomic mass is 10.0. The highest BCUT2D eigenvalue weighted by atomic mass is 16.5. The number of para-hydroxylation sites is 2. The van der Waals surface area contributed by atoms with Crippen LogP contribution in [0.4, 0.5) is 10.5 Å². The third kappa shape index (κ3) is 3.19. The van der Waals surface area contributed by atoms with Gasteiger partial charge in [-0.25, -0.2) is 4.79 Å². The number of benzene rings is 3. The summed E-state index contributed by atoms with van der Waals surface area (Å²) < 4.78 is 5.61.